The van der Waals surface area contributed by atoms with E-state index in [1.165, 1.54) is 32.3 Å². The van der Waals surface area contributed by atoms with Gasteiger partial charge in [0.15, 0.2) is 23.2 Å². The molecule has 0 aromatic carbocycles. The summed E-state index contributed by atoms with van der Waals surface area (Å²) in [5.41, 5.74) is 4.52. The normalized spacial score (nSPS) is 22.9. The van der Waals surface area contributed by atoms with Gasteiger partial charge in [-0.15, -0.1) is 0 Å². The van der Waals surface area contributed by atoms with Crippen molar-refractivity contribution in [1.29, 1.82) is 0 Å². The van der Waals surface area contributed by atoms with E-state index in [-0.39, 0.29) is 47.5 Å². The first kappa shape index (κ1) is 42.3. The molecule has 2 aromatic heterocycles. The zero-order chi connectivity index (χ0) is 37.8. The van der Waals surface area contributed by atoms with E-state index in [9.17, 15) is 53.1 Å². The van der Waals surface area contributed by atoms with Crippen LogP contribution in [0.2, 0.25) is 0 Å². The van der Waals surface area contributed by atoms with E-state index >= 15 is 0 Å². The second kappa shape index (κ2) is 16.7. The van der Waals surface area contributed by atoms with Crippen molar-refractivity contribution < 1.29 is 75.7 Å². The van der Waals surface area contributed by atoms with Crippen LogP contribution in [-0.4, -0.2) is 118 Å². The van der Waals surface area contributed by atoms with Crippen LogP contribution < -0.4 is 16.4 Å². The van der Waals surface area contributed by atoms with Gasteiger partial charge in [0.05, 0.1) is 13.2 Å². The number of nitrogens with two attached hydrogens (primary N) is 1. The van der Waals surface area contributed by atoms with Crippen molar-refractivity contribution in [2.45, 2.75) is 64.8 Å². The third kappa shape index (κ3) is 11.4. The number of imidazole rings is 1. The highest BCUT2D eigenvalue weighted by Gasteiger charge is 2.50. The highest BCUT2D eigenvalue weighted by Crippen LogP contribution is 2.61. The minimum atomic E-state index is -5.55. The van der Waals surface area contributed by atoms with Crippen LogP contribution >= 0.6 is 36.1 Å². The predicted octanol–water partition coefficient (Wildman–Crippen LogP) is -1.05. The Morgan fingerprint density at radius 2 is 1.70 bits per heavy atom. The summed E-state index contributed by atoms with van der Waals surface area (Å²) in [6.45, 7) is 3.72. The number of aromatic nitrogens is 4. The first-order chi connectivity index (χ1) is 23.0. The van der Waals surface area contributed by atoms with Crippen molar-refractivity contribution >= 4 is 64.9 Å². The molecule has 1 saturated heterocycles. The fourth-order valence-electron chi connectivity index (χ4n) is 4.58. The highest BCUT2D eigenvalue weighted by atomic mass is 32.1. The average molecular weight is 796 g/mol. The van der Waals surface area contributed by atoms with Crippen molar-refractivity contribution in [1.82, 2.24) is 30.2 Å². The van der Waals surface area contributed by atoms with Gasteiger partial charge < -0.3 is 50.9 Å². The molecule has 3 heterocycles. The number of ether oxygens (including phenoxy) is 1. The van der Waals surface area contributed by atoms with Crippen LogP contribution in [0.1, 0.15) is 38.1 Å². The summed E-state index contributed by atoms with van der Waals surface area (Å²) in [4.78, 5) is 75.7. The van der Waals surface area contributed by atoms with Crippen molar-refractivity contribution in [2.75, 3.05) is 37.8 Å². The number of nitrogens with one attached hydrogen (secondary N) is 2. The van der Waals surface area contributed by atoms with Crippen LogP contribution in [0.15, 0.2) is 0 Å². The zero-order valence-corrected chi connectivity index (χ0v) is 30.6. The molecular weight excluding hydrogens is 755 g/mol. The van der Waals surface area contributed by atoms with E-state index in [1.54, 1.807) is 0 Å². The molecule has 284 valence electrons. The smallest absolute Gasteiger partial charge is 0.386 e. The molecule has 10 N–H and O–H groups in total. The van der Waals surface area contributed by atoms with Gasteiger partial charge in [-0.2, -0.15) is 16.9 Å². The summed E-state index contributed by atoms with van der Waals surface area (Å²) in [5.74, 6) is -0.542. The number of aliphatic hydroxyl groups excluding tert-OH is 2. The summed E-state index contributed by atoms with van der Waals surface area (Å²) < 4.78 is 62.4. The number of hydrogen-bond acceptors (Lipinski definition) is 17. The molecule has 0 bridgehead atoms. The fraction of sp³-hybridized carbons (Fsp3) is 0.696. The quantitative estimate of drug-likeness (QED) is 0.0635. The number of carbonyl (C=O) groups excluding carboxylic acids is 2. The van der Waals surface area contributed by atoms with Crippen molar-refractivity contribution in [3.8, 4) is 0 Å². The number of hydrogen-bond donors (Lipinski definition) is 10. The molecule has 1 aliphatic rings. The van der Waals surface area contributed by atoms with Crippen LogP contribution in [-0.2, 0) is 45.9 Å². The molecule has 1 fully saturated rings. The maximum absolute atomic E-state index is 12.7. The van der Waals surface area contributed by atoms with Gasteiger partial charge in [-0.25, -0.2) is 28.6 Å². The van der Waals surface area contributed by atoms with Crippen LogP contribution in [0, 0.1) is 19.3 Å². The Kier molecular flexibility index (Phi) is 14.1. The van der Waals surface area contributed by atoms with Gasteiger partial charge in [0.1, 0.15) is 36.1 Å². The molecule has 0 radical (unpaired) electrons. The molecule has 50 heavy (non-hydrogen) atoms. The molecule has 1 aliphatic heterocycles. The largest absolute Gasteiger partial charge is 0.481 e. The van der Waals surface area contributed by atoms with E-state index in [1.807, 2.05) is 0 Å². The van der Waals surface area contributed by atoms with E-state index in [0.29, 0.717) is 12.3 Å². The van der Waals surface area contributed by atoms with E-state index in [4.69, 9.17) is 19.5 Å². The number of nitrogen functional groups attached to an aromatic ring is 1. The lowest BCUT2D eigenvalue weighted by molar-refractivity contribution is -0.137. The SMILES string of the molecule is Cc1nc(N)c2nc(C)n([C@@H]3O[C@H](COP(=O)(O)OP(=O)(O)OCC(C)(C)[C@@H](O)C(=O)NCCC(=O)NCCS)[C@@H](OP(=O)(O)O)[C@H]3O)c2n1. The first-order valence-corrected chi connectivity index (χ1v) is 19.7. The number of anilines is 1. The number of amides is 2. The molecule has 2 unspecified atom stereocenters. The number of thiol groups is 1. The first-order valence-electron chi connectivity index (χ1n) is 14.5. The molecule has 3 rings (SSSR count). The lowest BCUT2D eigenvalue weighted by Crippen LogP contribution is -2.46. The maximum atomic E-state index is 12.7. The number of phosphoric ester groups is 3. The molecule has 0 spiro atoms. The summed E-state index contributed by atoms with van der Waals surface area (Å²) in [6, 6.07) is 0. The fourth-order valence-corrected chi connectivity index (χ4v) is 7.52. The number of nitrogens with zero attached hydrogens (tertiary/aromatic N) is 4. The van der Waals surface area contributed by atoms with Crippen molar-refractivity contribution in [3.63, 3.8) is 0 Å². The number of rotatable bonds is 18. The Hall–Kier alpha value is -2.11. The minimum Gasteiger partial charge on any atom is -0.386 e. The van der Waals surface area contributed by atoms with Gasteiger partial charge in [-0.3, -0.25) is 27.7 Å². The van der Waals surface area contributed by atoms with Gasteiger partial charge in [0.25, 0.3) is 0 Å². The maximum Gasteiger partial charge on any atom is 0.481 e. The molecule has 0 saturated carbocycles. The molecule has 7 atom stereocenters. The molecule has 2 amide bonds. The standard InChI is InChI=1S/C23H40N7O16P3S/c1-11-27-19(24)15-20(28-11)30(12(2)29-15)22-16(32)17(45-47(35,36)37)13(44-22)9-42-48(38,39)46-49(40,41)43-10-23(3,4)18(33)21(34)26-6-5-14(31)25-7-8-50/h13,16-18,22,32-33,50H,5-10H2,1-4H3,(H,25,31)(H,26,34)(H,38,39)(H,40,41)(H2,24,27,28)(H2,35,36,37)/t13-,16-,17-,18+,22-/m1/s1. The minimum absolute atomic E-state index is 0.0126. The lowest BCUT2D eigenvalue weighted by Gasteiger charge is -2.30. The Labute approximate surface area is 290 Å². The number of carbonyl (C=O) groups is 2. The van der Waals surface area contributed by atoms with Gasteiger partial charge in [0.2, 0.25) is 11.8 Å². The van der Waals surface area contributed by atoms with E-state index in [0.717, 1.165) is 0 Å². The van der Waals surface area contributed by atoms with Gasteiger partial charge in [0, 0.05) is 30.7 Å². The van der Waals surface area contributed by atoms with Crippen LogP contribution in [0.5, 0.6) is 0 Å². The summed E-state index contributed by atoms with van der Waals surface area (Å²) in [7, 11) is -16.3. The second-order valence-electron chi connectivity index (χ2n) is 11.6. The Morgan fingerprint density at radius 3 is 2.32 bits per heavy atom. The molecule has 2 aromatic rings. The topological polar surface area (TPSA) is 347 Å². The summed E-state index contributed by atoms with van der Waals surface area (Å²) in [5, 5.41) is 26.3. The Balaban J connectivity index is 1.66. The van der Waals surface area contributed by atoms with Gasteiger partial charge in [-0.05, 0) is 13.8 Å². The Bertz CT molecular complexity index is 1690. The van der Waals surface area contributed by atoms with Crippen LogP contribution in [0.3, 0.4) is 0 Å². The summed E-state index contributed by atoms with van der Waals surface area (Å²) in [6.07, 6.45) is -8.97. The van der Waals surface area contributed by atoms with Crippen molar-refractivity contribution in [3.05, 3.63) is 11.6 Å². The average Bonchev–Trinajstić information content (AvgIpc) is 3.47. The van der Waals surface area contributed by atoms with Gasteiger partial charge in [-0.1, -0.05) is 13.8 Å². The molecule has 23 nitrogen and oxygen atoms in total. The second-order valence-corrected chi connectivity index (χ2v) is 16.3. The Morgan fingerprint density at radius 1 is 1.06 bits per heavy atom. The number of phosphoric acid groups is 3. The van der Waals surface area contributed by atoms with Gasteiger partial charge >= 0.3 is 23.5 Å². The highest BCUT2D eigenvalue weighted by molar-refractivity contribution is 7.80. The summed E-state index contributed by atoms with van der Waals surface area (Å²) >= 11 is 3.95. The monoisotopic (exact) mass is 795 g/mol. The third-order valence-corrected chi connectivity index (χ3v) is 10.3. The predicted molar refractivity (Wildman–Crippen MR) is 173 cm³/mol. The molecule has 0 aliphatic carbocycles. The van der Waals surface area contributed by atoms with Crippen LogP contribution in [0.25, 0.3) is 11.2 Å². The van der Waals surface area contributed by atoms with E-state index in [2.05, 4.69) is 47.0 Å². The third-order valence-electron chi connectivity index (χ3n) is 6.96. The lowest BCUT2D eigenvalue weighted by atomic mass is 9.87. The van der Waals surface area contributed by atoms with Crippen LogP contribution in [0.4, 0.5) is 5.82 Å². The number of aliphatic hydroxyl groups is 2. The molecule has 27 heteroatoms. The molecular formula is C23H40N7O16P3S. The van der Waals surface area contributed by atoms with E-state index < -0.39 is 78.6 Å². The zero-order valence-electron chi connectivity index (χ0n) is 27.1. The number of fused-ring (bicyclic) bond motifs is 1. The number of aryl methyl sites for hydroxylation is 2. The van der Waals surface area contributed by atoms with Crippen molar-refractivity contribution in [2.24, 2.45) is 5.41 Å².